The molecule has 1 atom stereocenters. The van der Waals surface area contributed by atoms with Crippen molar-refractivity contribution in [2.24, 2.45) is 5.73 Å². The number of ether oxygens (including phenoxy) is 1. The average Bonchev–Trinajstić information content (AvgIpc) is 2.52. The molecule has 0 spiro atoms. The third kappa shape index (κ3) is 3.94. The van der Waals surface area contributed by atoms with Crippen molar-refractivity contribution in [3.63, 3.8) is 0 Å². The summed E-state index contributed by atoms with van der Waals surface area (Å²) < 4.78 is 45.6. The van der Waals surface area contributed by atoms with Crippen molar-refractivity contribution in [3.05, 3.63) is 59.2 Å². The second kappa shape index (κ2) is 7.05. The summed E-state index contributed by atoms with van der Waals surface area (Å²) in [6.45, 7) is 2.31. The van der Waals surface area contributed by atoms with Crippen molar-refractivity contribution in [3.8, 4) is 11.1 Å². The van der Waals surface area contributed by atoms with Gasteiger partial charge >= 0.3 is 12.1 Å². The molecule has 0 aliphatic rings. The second-order valence-electron chi connectivity index (χ2n) is 5.42. The Morgan fingerprint density at radius 2 is 1.79 bits per heavy atom. The maximum Gasteiger partial charge on any atom is 0.417 e. The van der Waals surface area contributed by atoms with Gasteiger partial charge in [0.1, 0.15) is 6.10 Å². The Labute approximate surface area is 138 Å². The minimum atomic E-state index is -4.59. The van der Waals surface area contributed by atoms with Crippen molar-refractivity contribution >= 4 is 5.97 Å². The number of rotatable bonds is 4. The van der Waals surface area contributed by atoms with E-state index in [1.54, 1.807) is 24.3 Å². The Balaban J connectivity index is 2.69. The summed E-state index contributed by atoms with van der Waals surface area (Å²) in [5.74, 6) is -0.643. The van der Waals surface area contributed by atoms with Gasteiger partial charge in [-0.15, -0.1) is 0 Å². The lowest BCUT2D eigenvalue weighted by molar-refractivity contribution is -0.149. The molecule has 1 unspecified atom stereocenters. The Morgan fingerprint density at radius 1 is 1.17 bits per heavy atom. The number of esters is 1. The molecule has 0 bridgehead atoms. The van der Waals surface area contributed by atoms with Gasteiger partial charge in [0, 0.05) is 19.0 Å². The first-order valence-electron chi connectivity index (χ1n) is 7.40. The number of carbonyl (C=O) groups excluding carboxylic acids is 1. The van der Waals surface area contributed by atoms with Gasteiger partial charge in [0.25, 0.3) is 0 Å². The van der Waals surface area contributed by atoms with Crippen LogP contribution in [0.1, 0.15) is 36.6 Å². The molecule has 2 aromatic carbocycles. The van der Waals surface area contributed by atoms with E-state index in [9.17, 15) is 18.0 Å². The Bertz CT molecular complexity index is 727. The van der Waals surface area contributed by atoms with Crippen LogP contribution in [-0.2, 0) is 22.3 Å². The van der Waals surface area contributed by atoms with E-state index < -0.39 is 23.8 Å². The van der Waals surface area contributed by atoms with E-state index in [0.717, 1.165) is 12.5 Å². The largest absolute Gasteiger partial charge is 0.458 e. The van der Waals surface area contributed by atoms with Crippen molar-refractivity contribution in [1.82, 2.24) is 0 Å². The topological polar surface area (TPSA) is 52.3 Å². The third-order valence-electron chi connectivity index (χ3n) is 3.64. The minimum absolute atomic E-state index is 0.0298. The molecule has 2 aromatic rings. The van der Waals surface area contributed by atoms with E-state index in [-0.39, 0.29) is 17.7 Å². The normalized spacial score (nSPS) is 12.8. The van der Waals surface area contributed by atoms with Gasteiger partial charge in [-0.1, -0.05) is 30.3 Å². The van der Waals surface area contributed by atoms with Crippen LogP contribution in [0.25, 0.3) is 11.1 Å². The van der Waals surface area contributed by atoms with E-state index in [4.69, 9.17) is 10.5 Å². The maximum absolute atomic E-state index is 13.5. The molecule has 24 heavy (non-hydrogen) atoms. The van der Waals surface area contributed by atoms with Crippen LogP contribution in [0.2, 0.25) is 0 Å². The number of nitrogens with two attached hydrogens (primary N) is 1. The third-order valence-corrected chi connectivity index (χ3v) is 3.64. The summed E-state index contributed by atoms with van der Waals surface area (Å²) in [6, 6.07) is 11.8. The Morgan fingerprint density at radius 3 is 2.29 bits per heavy atom. The molecule has 2 N–H and O–H groups in total. The molecular weight excluding hydrogens is 319 g/mol. The van der Waals surface area contributed by atoms with Gasteiger partial charge in [0.05, 0.1) is 5.56 Å². The zero-order valence-corrected chi connectivity index (χ0v) is 13.4. The first-order valence-corrected chi connectivity index (χ1v) is 7.40. The maximum atomic E-state index is 13.5. The van der Waals surface area contributed by atoms with Gasteiger partial charge in [-0.2, -0.15) is 13.2 Å². The highest BCUT2D eigenvalue weighted by atomic mass is 19.4. The molecule has 3 nitrogen and oxygen atoms in total. The van der Waals surface area contributed by atoms with E-state index in [1.807, 2.05) is 6.07 Å². The van der Waals surface area contributed by atoms with E-state index in [0.29, 0.717) is 5.56 Å². The van der Waals surface area contributed by atoms with E-state index in [2.05, 4.69) is 0 Å². The zero-order valence-electron chi connectivity index (χ0n) is 13.4. The smallest absolute Gasteiger partial charge is 0.417 e. The summed E-state index contributed by atoms with van der Waals surface area (Å²) >= 11 is 0. The highest BCUT2D eigenvalue weighted by molar-refractivity contribution is 5.68. The number of alkyl halides is 3. The number of halogens is 3. The number of carbonyl (C=O) groups is 1. The first kappa shape index (κ1) is 18.0. The monoisotopic (exact) mass is 337 g/mol. The molecule has 6 heteroatoms. The Kier molecular flexibility index (Phi) is 5.29. The fourth-order valence-corrected chi connectivity index (χ4v) is 2.66. The standard InChI is InChI=1S/C18H18F3NO2/c1-11(24-12(2)23)16-9-14(13-6-4-3-5-7-13)8-15(10-22)17(16)18(19,20)21/h3-9,11H,10,22H2,1-2H3. The second-order valence-corrected chi connectivity index (χ2v) is 5.42. The summed E-state index contributed by atoms with van der Waals surface area (Å²) in [6.07, 6.45) is -5.62. The van der Waals surface area contributed by atoms with Crippen LogP contribution >= 0.6 is 0 Å². The SMILES string of the molecule is CC(=O)OC(C)c1cc(-c2ccccc2)cc(CN)c1C(F)(F)F. The van der Waals surface area contributed by atoms with Crippen LogP contribution < -0.4 is 5.73 Å². The molecule has 2 rings (SSSR count). The zero-order chi connectivity index (χ0) is 17.9. The van der Waals surface area contributed by atoms with Gasteiger partial charge in [0.2, 0.25) is 0 Å². The van der Waals surface area contributed by atoms with Crippen LogP contribution in [0.4, 0.5) is 13.2 Å². The van der Waals surface area contributed by atoms with Gasteiger partial charge < -0.3 is 10.5 Å². The predicted octanol–water partition coefficient (Wildman–Crippen LogP) is 4.46. The van der Waals surface area contributed by atoms with E-state index in [1.165, 1.54) is 19.1 Å². The fourth-order valence-electron chi connectivity index (χ4n) is 2.66. The molecular formula is C18H18F3NO2. The molecule has 0 heterocycles. The molecule has 0 radical (unpaired) electrons. The van der Waals surface area contributed by atoms with Crippen LogP contribution in [0.3, 0.4) is 0 Å². The molecule has 0 aromatic heterocycles. The molecule has 128 valence electrons. The lowest BCUT2D eigenvalue weighted by atomic mass is 9.91. The minimum Gasteiger partial charge on any atom is -0.458 e. The average molecular weight is 337 g/mol. The van der Waals surface area contributed by atoms with Gasteiger partial charge in [-0.05, 0) is 35.7 Å². The van der Waals surface area contributed by atoms with Crippen LogP contribution in [0.5, 0.6) is 0 Å². The van der Waals surface area contributed by atoms with Gasteiger partial charge in [-0.3, -0.25) is 4.79 Å². The van der Waals surface area contributed by atoms with Gasteiger partial charge in [0.15, 0.2) is 0 Å². The lowest BCUT2D eigenvalue weighted by Crippen LogP contribution is -2.18. The quantitative estimate of drug-likeness (QED) is 0.838. The predicted molar refractivity (Wildman–Crippen MR) is 85.0 cm³/mol. The van der Waals surface area contributed by atoms with Crippen molar-refractivity contribution in [2.45, 2.75) is 32.7 Å². The molecule has 0 saturated carbocycles. The summed E-state index contributed by atoms with van der Waals surface area (Å²) in [4.78, 5) is 11.2. The number of hydrogen-bond donors (Lipinski definition) is 1. The first-order chi connectivity index (χ1) is 11.2. The van der Waals surface area contributed by atoms with Crippen molar-refractivity contribution in [2.75, 3.05) is 0 Å². The fraction of sp³-hybridized carbons (Fsp3) is 0.278. The summed E-state index contributed by atoms with van der Waals surface area (Å²) in [5.41, 5.74) is 5.95. The number of benzene rings is 2. The molecule has 0 saturated heterocycles. The van der Waals surface area contributed by atoms with Crippen molar-refractivity contribution in [1.29, 1.82) is 0 Å². The molecule has 0 fully saturated rings. The molecule has 0 amide bonds. The van der Waals surface area contributed by atoms with Gasteiger partial charge in [-0.25, -0.2) is 0 Å². The summed E-state index contributed by atoms with van der Waals surface area (Å²) in [5, 5.41) is 0. The number of hydrogen-bond acceptors (Lipinski definition) is 3. The van der Waals surface area contributed by atoms with Crippen molar-refractivity contribution < 1.29 is 22.7 Å². The molecule has 0 aliphatic heterocycles. The van der Waals surface area contributed by atoms with Crippen LogP contribution in [0, 0.1) is 0 Å². The molecule has 0 aliphatic carbocycles. The van der Waals surface area contributed by atoms with Crippen LogP contribution in [0.15, 0.2) is 42.5 Å². The van der Waals surface area contributed by atoms with Crippen LogP contribution in [-0.4, -0.2) is 5.97 Å². The highest BCUT2D eigenvalue weighted by Gasteiger charge is 2.38. The summed E-state index contributed by atoms with van der Waals surface area (Å²) in [7, 11) is 0. The lowest BCUT2D eigenvalue weighted by Gasteiger charge is -2.22. The highest BCUT2D eigenvalue weighted by Crippen LogP contribution is 2.40. The Hall–Kier alpha value is -2.34. The van der Waals surface area contributed by atoms with E-state index >= 15 is 0 Å².